The van der Waals surface area contributed by atoms with E-state index in [1.165, 1.54) is 10.4 Å². The maximum atomic E-state index is 5.77. The fraction of sp³-hybridized carbons (Fsp3) is 0.438. The zero-order valence-corrected chi connectivity index (χ0v) is 13.2. The van der Waals surface area contributed by atoms with E-state index in [1.54, 1.807) is 11.3 Å². The Bertz CT molecular complexity index is 534. The van der Waals surface area contributed by atoms with Crippen LogP contribution in [0.4, 0.5) is 0 Å². The molecule has 0 aliphatic carbocycles. The van der Waals surface area contributed by atoms with Crippen LogP contribution in [0.3, 0.4) is 0 Å². The van der Waals surface area contributed by atoms with Gasteiger partial charge in [0.05, 0.1) is 5.69 Å². The third-order valence-corrected chi connectivity index (χ3v) is 4.16. The monoisotopic (exact) mass is 290 g/mol. The first-order valence-corrected chi connectivity index (χ1v) is 7.86. The Morgan fingerprint density at radius 1 is 1.20 bits per heavy atom. The largest absolute Gasteiger partial charge is 0.486 e. The Labute approximate surface area is 125 Å². The van der Waals surface area contributed by atoms with E-state index in [0.29, 0.717) is 6.61 Å². The van der Waals surface area contributed by atoms with E-state index < -0.39 is 0 Å². The number of nitrogens with zero attached hydrogens (tertiary/aromatic N) is 1. The first kappa shape index (κ1) is 15.0. The molecule has 0 saturated heterocycles. The molecule has 1 N–H and O–H groups in total. The second kappa shape index (κ2) is 7.41. The number of nitrogens with one attached hydrogen (secondary N) is 1. The molecular weight excluding hydrogens is 268 g/mol. The average Bonchev–Trinajstić information content (AvgIpc) is 2.79. The number of ether oxygens (including phenoxy) is 1. The molecule has 0 amide bonds. The lowest BCUT2D eigenvalue weighted by atomic mass is 10.2. The van der Waals surface area contributed by atoms with E-state index in [0.717, 1.165) is 36.0 Å². The first-order chi connectivity index (χ1) is 9.69. The maximum Gasteiger partial charge on any atom is 0.140 e. The Morgan fingerprint density at radius 2 is 1.95 bits per heavy atom. The van der Waals surface area contributed by atoms with E-state index in [1.807, 2.05) is 12.1 Å². The van der Waals surface area contributed by atoms with Crippen LogP contribution in [0.1, 0.15) is 34.5 Å². The highest BCUT2D eigenvalue weighted by atomic mass is 32.1. The fourth-order valence-electron chi connectivity index (χ4n) is 1.87. The van der Waals surface area contributed by atoms with Crippen LogP contribution in [-0.4, -0.2) is 11.5 Å². The Kier molecular flexibility index (Phi) is 5.56. The predicted molar refractivity (Wildman–Crippen MR) is 84.4 cm³/mol. The number of aryl methyl sites for hydroxylation is 2. The molecule has 0 saturated carbocycles. The predicted octanol–water partition coefficient (Wildman–Crippen LogP) is 3.84. The molecule has 0 unspecified atom stereocenters. The van der Waals surface area contributed by atoms with E-state index in [9.17, 15) is 0 Å². The molecule has 0 aliphatic rings. The van der Waals surface area contributed by atoms with Gasteiger partial charge in [-0.2, -0.15) is 0 Å². The average molecular weight is 290 g/mol. The molecule has 1 aromatic heterocycles. The highest BCUT2D eigenvalue weighted by molar-refractivity contribution is 7.11. The number of hydrogen-bond donors (Lipinski definition) is 1. The Morgan fingerprint density at radius 3 is 2.65 bits per heavy atom. The van der Waals surface area contributed by atoms with Crippen molar-refractivity contribution in [1.82, 2.24) is 10.3 Å². The second-order valence-corrected chi connectivity index (χ2v) is 6.06. The number of thiazole rings is 1. The van der Waals surface area contributed by atoms with E-state index in [2.05, 4.69) is 43.2 Å². The summed E-state index contributed by atoms with van der Waals surface area (Å²) in [6.07, 6.45) is 1.15. The van der Waals surface area contributed by atoms with Crippen LogP contribution in [0.2, 0.25) is 0 Å². The van der Waals surface area contributed by atoms with Crippen LogP contribution in [0.15, 0.2) is 24.3 Å². The third kappa shape index (κ3) is 4.32. The minimum Gasteiger partial charge on any atom is -0.486 e. The van der Waals surface area contributed by atoms with Gasteiger partial charge in [0.25, 0.3) is 0 Å². The molecule has 2 aromatic rings. The van der Waals surface area contributed by atoms with Gasteiger partial charge in [0.15, 0.2) is 0 Å². The second-order valence-electron chi connectivity index (χ2n) is 4.89. The van der Waals surface area contributed by atoms with Crippen molar-refractivity contribution in [3.63, 3.8) is 0 Å². The molecule has 0 aliphatic heterocycles. The molecule has 20 heavy (non-hydrogen) atoms. The standard InChI is InChI=1S/C16H22N2OS/c1-4-9-17-10-15-13(3)18-16(20-15)11-19-14-7-5-12(2)6-8-14/h5-8,17H,4,9-11H2,1-3H3. The van der Waals surface area contributed by atoms with Crippen LogP contribution >= 0.6 is 11.3 Å². The van der Waals surface area contributed by atoms with Crippen LogP contribution in [0.5, 0.6) is 5.75 Å². The van der Waals surface area contributed by atoms with Gasteiger partial charge < -0.3 is 10.1 Å². The Balaban J connectivity index is 1.89. The highest BCUT2D eigenvalue weighted by Crippen LogP contribution is 2.20. The zero-order valence-electron chi connectivity index (χ0n) is 12.4. The van der Waals surface area contributed by atoms with Crippen molar-refractivity contribution in [2.45, 2.75) is 40.3 Å². The van der Waals surface area contributed by atoms with Crippen LogP contribution in [0.25, 0.3) is 0 Å². The van der Waals surface area contributed by atoms with Crippen LogP contribution in [0, 0.1) is 13.8 Å². The van der Waals surface area contributed by atoms with Gasteiger partial charge >= 0.3 is 0 Å². The van der Waals surface area contributed by atoms with Gasteiger partial charge in [0, 0.05) is 11.4 Å². The van der Waals surface area contributed by atoms with Gasteiger partial charge in [-0.3, -0.25) is 0 Å². The topological polar surface area (TPSA) is 34.1 Å². The van der Waals surface area contributed by atoms with E-state index in [4.69, 9.17) is 4.74 Å². The summed E-state index contributed by atoms with van der Waals surface area (Å²) in [4.78, 5) is 5.88. The van der Waals surface area contributed by atoms with Crippen molar-refractivity contribution in [3.05, 3.63) is 45.4 Å². The molecule has 4 heteroatoms. The van der Waals surface area contributed by atoms with E-state index >= 15 is 0 Å². The van der Waals surface area contributed by atoms with Crippen molar-refractivity contribution in [2.75, 3.05) is 6.54 Å². The van der Waals surface area contributed by atoms with Gasteiger partial charge in [-0.1, -0.05) is 24.6 Å². The molecule has 0 fully saturated rings. The summed E-state index contributed by atoms with van der Waals surface area (Å²) in [7, 11) is 0. The summed E-state index contributed by atoms with van der Waals surface area (Å²) >= 11 is 1.73. The lowest BCUT2D eigenvalue weighted by molar-refractivity contribution is 0.305. The molecule has 0 radical (unpaired) electrons. The van der Waals surface area contributed by atoms with Gasteiger partial charge in [0.1, 0.15) is 17.4 Å². The van der Waals surface area contributed by atoms with Gasteiger partial charge in [0.2, 0.25) is 0 Å². The fourth-order valence-corrected chi connectivity index (χ4v) is 2.82. The summed E-state index contributed by atoms with van der Waals surface area (Å²) in [5.41, 5.74) is 2.35. The molecule has 108 valence electrons. The minimum atomic E-state index is 0.544. The molecule has 1 heterocycles. The maximum absolute atomic E-state index is 5.77. The molecule has 0 spiro atoms. The molecular formula is C16H22N2OS. The smallest absolute Gasteiger partial charge is 0.140 e. The number of benzene rings is 1. The van der Waals surface area contributed by atoms with Crippen molar-refractivity contribution >= 4 is 11.3 Å². The number of rotatable bonds is 7. The lowest BCUT2D eigenvalue weighted by Gasteiger charge is -2.03. The van der Waals surface area contributed by atoms with Gasteiger partial charge in [-0.25, -0.2) is 4.98 Å². The quantitative estimate of drug-likeness (QED) is 0.787. The zero-order chi connectivity index (χ0) is 14.4. The molecule has 1 aromatic carbocycles. The summed E-state index contributed by atoms with van der Waals surface area (Å²) < 4.78 is 5.77. The summed E-state index contributed by atoms with van der Waals surface area (Å²) in [5, 5.41) is 4.45. The Hall–Kier alpha value is -1.39. The van der Waals surface area contributed by atoms with Crippen molar-refractivity contribution in [3.8, 4) is 5.75 Å². The summed E-state index contributed by atoms with van der Waals surface area (Å²) in [6.45, 7) is 8.81. The summed E-state index contributed by atoms with van der Waals surface area (Å²) in [6, 6.07) is 8.12. The van der Waals surface area contributed by atoms with Crippen LogP contribution in [-0.2, 0) is 13.2 Å². The van der Waals surface area contributed by atoms with Gasteiger partial charge in [-0.15, -0.1) is 11.3 Å². The first-order valence-electron chi connectivity index (χ1n) is 7.04. The normalized spacial score (nSPS) is 10.8. The van der Waals surface area contributed by atoms with Crippen molar-refractivity contribution in [1.29, 1.82) is 0 Å². The molecule has 0 bridgehead atoms. The highest BCUT2D eigenvalue weighted by Gasteiger charge is 2.07. The summed E-state index contributed by atoms with van der Waals surface area (Å²) in [5.74, 6) is 0.897. The SMILES string of the molecule is CCCNCc1sc(COc2ccc(C)cc2)nc1C. The lowest BCUT2D eigenvalue weighted by Crippen LogP contribution is -2.13. The van der Waals surface area contributed by atoms with Gasteiger partial charge in [-0.05, 0) is 38.9 Å². The van der Waals surface area contributed by atoms with Crippen molar-refractivity contribution < 1.29 is 4.74 Å². The molecule has 2 rings (SSSR count). The number of hydrogen-bond acceptors (Lipinski definition) is 4. The minimum absolute atomic E-state index is 0.544. The third-order valence-electron chi connectivity index (χ3n) is 3.03. The van der Waals surface area contributed by atoms with E-state index in [-0.39, 0.29) is 0 Å². The van der Waals surface area contributed by atoms with Crippen molar-refractivity contribution in [2.24, 2.45) is 0 Å². The molecule has 3 nitrogen and oxygen atoms in total. The number of aromatic nitrogens is 1. The molecule has 0 atom stereocenters. The van der Waals surface area contributed by atoms with Crippen LogP contribution < -0.4 is 10.1 Å².